The highest BCUT2D eigenvalue weighted by Crippen LogP contribution is 2.28. The summed E-state index contributed by atoms with van der Waals surface area (Å²) in [5, 5.41) is 6.88. The number of nitrogens with zero attached hydrogens (tertiary/aromatic N) is 1. The molecule has 1 fully saturated rings. The minimum Gasteiger partial charge on any atom is -0.433 e. The molecule has 2 aromatic rings. The first-order valence-electron chi connectivity index (χ1n) is 9.56. The molecule has 1 saturated heterocycles. The standard InChI is InChI=1S/C21H22ClN3O4/c22-15-8-6-14(7-9-15)13-28-20-17(12-19(26)29-20)24-21(27)25-11-3-10-23-16-4-1-2-5-18(16)25/h1-2,4-9,17,20,23H,3,10-13H2,(H,24,27). The number of rotatable bonds is 4. The first kappa shape index (κ1) is 19.5. The molecular formula is C21H22ClN3O4. The summed E-state index contributed by atoms with van der Waals surface area (Å²) in [6, 6.07) is 14.1. The molecule has 0 spiro atoms. The Hall–Kier alpha value is -2.77. The van der Waals surface area contributed by atoms with Crippen LogP contribution in [0.15, 0.2) is 48.5 Å². The fraction of sp³-hybridized carbons (Fsp3) is 0.333. The van der Waals surface area contributed by atoms with Crippen LogP contribution in [0, 0.1) is 0 Å². The van der Waals surface area contributed by atoms with Gasteiger partial charge in [0, 0.05) is 18.1 Å². The molecule has 2 aliphatic rings. The van der Waals surface area contributed by atoms with Gasteiger partial charge >= 0.3 is 12.0 Å². The van der Waals surface area contributed by atoms with Crippen molar-refractivity contribution in [2.75, 3.05) is 23.3 Å². The minimum absolute atomic E-state index is 0.0742. The van der Waals surface area contributed by atoms with Gasteiger partial charge in [-0.05, 0) is 36.2 Å². The van der Waals surface area contributed by atoms with Gasteiger partial charge in [0.1, 0.15) is 6.04 Å². The van der Waals surface area contributed by atoms with Crippen molar-refractivity contribution >= 4 is 35.0 Å². The van der Waals surface area contributed by atoms with Gasteiger partial charge < -0.3 is 20.1 Å². The van der Waals surface area contributed by atoms with E-state index in [1.807, 2.05) is 36.4 Å². The number of hydrogen-bond donors (Lipinski definition) is 2. The molecule has 4 rings (SSSR count). The number of carbonyl (C=O) groups excluding carboxylic acids is 2. The lowest BCUT2D eigenvalue weighted by Crippen LogP contribution is -2.48. The lowest BCUT2D eigenvalue weighted by atomic mass is 10.2. The Morgan fingerprint density at radius 3 is 2.86 bits per heavy atom. The average Bonchev–Trinajstić information content (AvgIpc) is 2.93. The van der Waals surface area contributed by atoms with Crippen LogP contribution in [-0.4, -0.2) is 37.4 Å². The lowest BCUT2D eigenvalue weighted by Gasteiger charge is -2.26. The fourth-order valence-corrected chi connectivity index (χ4v) is 3.58. The third-order valence-electron chi connectivity index (χ3n) is 4.91. The summed E-state index contributed by atoms with van der Waals surface area (Å²) in [4.78, 5) is 26.5. The third-order valence-corrected chi connectivity index (χ3v) is 5.17. The molecular weight excluding hydrogens is 394 g/mol. The molecule has 2 aromatic carbocycles. The van der Waals surface area contributed by atoms with Crippen molar-refractivity contribution in [3.63, 3.8) is 0 Å². The quantitative estimate of drug-likeness (QED) is 0.747. The number of esters is 1. The third kappa shape index (κ3) is 4.63. The van der Waals surface area contributed by atoms with Crippen molar-refractivity contribution < 1.29 is 19.1 Å². The number of cyclic esters (lactones) is 1. The van der Waals surface area contributed by atoms with Gasteiger partial charge in [-0.2, -0.15) is 0 Å². The highest BCUT2D eigenvalue weighted by atomic mass is 35.5. The summed E-state index contributed by atoms with van der Waals surface area (Å²) in [6.45, 7) is 1.62. The fourth-order valence-electron chi connectivity index (χ4n) is 3.45. The highest BCUT2D eigenvalue weighted by molar-refractivity contribution is 6.30. The maximum atomic E-state index is 13.0. The number of nitrogens with one attached hydrogen (secondary N) is 2. The molecule has 0 aromatic heterocycles. The second-order valence-electron chi connectivity index (χ2n) is 7.00. The van der Waals surface area contributed by atoms with Crippen LogP contribution in [0.2, 0.25) is 5.02 Å². The zero-order valence-corrected chi connectivity index (χ0v) is 16.5. The van der Waals surface area contributed by atoms with Crippen LogP contribution < -0.4 is 15.5 Å². The number of benzene rings is 2. The summed E-state index contributed by atoms with van der Waals surface area (Å²) < 4.78 is 11.0. The highest BCUT2D eigenvalue weighted by Gasteiger charge is 2.38. The maximum Gasteiger partial charge on any atom is 0.322 e. The largest absolute Gasteiger partial charge is 0.433 e. The number of para-hydroxylation sites is 2. The van der Waals surface area contributed by atoms with Crippen molar-refractivity contribution in [2.24, 2.45) is 0 Å². The van der Waals surface area contributed by atoms with Gasteiger partial charge in [0.2, 0.25) is 6.29 Å². The topological polar surface area (TPSA) is 79.9 Å². The van der Waals surface area contributed by atoms with Crippen LogP contribution >= 0.6 is 11.6 Å². The number of ether oxygens (including phenoxy) is 2. The predicted octanol–water partition coefficient (Wildman–Crippen LogP) is 3.53. The van der Waals surface area contributed by atoms with Crippen molar-refractivity contribution in [3.05, 3.63) is 59.1 Å². The molecule has 8 heteroatoms. The van der Waals surface area contributed by atoms with Crippen LogP contribution in [0.5, 0.6) is 0 Å². The van der Waals surface area contributed by atoms with E-state index in [0.717, 1.165) is 29.9 Å². The Bertz CT molecular complexity index is 890. The molecule has 2 heterocycles. The van der Waals surface area contributed by atoms with E-state index < -0.39 is 18.3 Å². The van der Waals surface area contributed by atoms with Gasteiger partial charge in [0.15, 0.2) is 0 Å². The summed E-state index contributed by atoms with van der Waals surface area (Å²) in [5.74, 6) is -0.394. The van der Waals surface area contributed by atoms with Crippen molar-refractivity contribution in [1.29, 1.82) is 0 Å². The van der Waals surface area contributed by atoms with Gasteiger partial charge in [-0.25, -0.2) is 4.79 Å². The molecule has 2 unspecified atom stereocenters. The molecule has 2 aliphatic heterocycles. The van der Waals surface area contributed by atoms with Crippen LogP contribution in [0.1, 0.15) is 18.4 Å². The monoisotopic (exact) mass is 415 g/mol. The number of halogens is 1. The Morgan fingerprint density at radius 1 is 1.24 bits per heavy atom. The smallest absolute Gasteiger partial charge is 0.322 e. The Labute approximate surface area is 173 Å². The summed E-state index contributed by atoms with van der Waals surface area (Å²) in [5.41, 5.74) is 2.62. The van der Waals surface area contributed by atoms with Crippen LogP contribution in [-0.2, 0) is 20.9 Å². The van der Waals surface area contributed by atoms with E-state index in [4.69, 9.17) is 21.1 Å². The molecule has 7 nitrogen and oxygen atoms in total. The summed E-state index contributed by atoms with van der Waals surface area (Å²) in [6.07, 6.45) is 0.0613. The number of fused-ring (bicyclic) bond motifs is 1. The molecule has 0 saturated carbocycles. The summed E-state index contributed by atoms with van der Waals surface area (Å²) in [7, 11) is 0. The first-order valence-corrected chi connectivity index (χ1v) is 9.94. The van der Waals surface area contributed by atoms with E-state index in [9.17, 15) is 9.59 Å². The Kier molecular flexibility index (Phi) is 5.87. The Morgan fingerprint density at radius 2 is 2.03 bits per heavy atom. The van der Waals surface area contributed by atoms with Crippen molar-refractivity contribution in [2.45, 2.75) is 31.8 Å². The predicted molar refractivity (Wildman–Crippen MR) is 110 cm³/mol. The molecule has 29 heavy (non-hydrogen) atoms. The van der Waals surface area contributed by atoms with E-state index >= 15 is 0 Å². The molecule has 152 valence electrons. The molecule has 0 aliphatic carbocycles. The molecule has 0 bridgehead atoms. The Balaban J connectivity index is 1.42. The maximum absolute atomic E-state index is 13.0. The summed E-state index contributed by atoms with van der Waals surface area (Å²) >= 11 is 5.89. The zero-order valence-electron chi connectivity index (χ0n) is 15.8. The zero-order chi connectivity index (χ0) is 20.2. The van der Waals surface area contributed by atoms with Crippen LogP contribution in [0.4, 0.5) is 16.2 Å². The molecule has 2 amide bonds. The lowest BCUT2D eigenvalue weighted by molar-refractivity contribution is -0.166. The number of carbonyl (C=O) groups is 2. The van der Waals surface area contributed by atoms with Gasteiger partial charge in [-0.15, -0.1) is 0 Å². The van der Waals surface area contributed by atoms with Crippen molar-refractivity contribution in [3.8, 4) is 0 Å². The van der Waals surface area contributed by atoms with Gasteiger partial charge in [0.25, 0.3) is 0 Å². The first-order chi connectivity index (χ1) is 14.1. The molecule has 0 radical (unpaired) electrons. The van der Waals surface area contributed by atoms with Crippen LogP contribution in [0.25, 0.3) is 0 Å². The normalized spacial score (nSPS) is 21.0. The van der Waals surface area contributed by atoms with E-state index in [1.54, 1.807) is 17.0 Å². The average molecular weight is 416 g/mol. The minimum atomic E-state index is -0.831. The molecule has 2 atom stereocenters. The van der Waals surface area contributed by atoms with Crippen LogP contribution in [0.3, 0.4) is 0 Å². The van der Waals surface area contributed by atoms with E-state index in [2.05, 4.69) is 10.6 Å². The number of amides is 2. The van der Waals surface area contributed by atoms with Gasteiger partial charge in [0.05, 0.1) is 24.4 Å². The van der Waals surface area contributed by atoms with Crippen molar-refractivity contribution in [1.82, 2.24) is 5.32 Å². The van der Waals surface area contributed by atoms with E-state index in [-0.39, 0.29) is 19.1 Å². The SMILES string of the molecule is O=C1CC(NC(=O)N2CCCNc3ccccc32)C(OCc2ccc(Cl)cc2)O1. The van der Waals surface area contributed by atoms with Gasteiger partial charge in [-0.1, -0.05) is 35.9 Å². The number of urea groups is 1. The second kappa shape index (κ2) is 8.71. The number of anilines is 2. The second-order valence-corrected chi connectivity index (χ2v) is 7.44. The number of hydrogen-bond acceptors (Lipinski definition) is 5. The molecule has 2 N–H and O–H groups in total. The van der Waals surface area contributed by atoms with E-state index in [1.165, 1.54) is 0 Å². The van der Waals surface area contributed by atoms with E-state index in [0.29, 0.717) is 11.6 Å². The van der Waals surface area contributed by atoms with Gasteiger partial charge in [-0.3, -0.25) is 9.69 Å².